The second-order valence-corrected chi connectivity index (χ2v) is 10.2. The lowest BCUT2D eigenvalue weighted by Gasteiger charge is -2.18. The highest BCUT2D eigenvalue weighted by atomic mass is 32.2. The van der Waals surface area contributed by atoms with Crippen molar-refractivity contribution in [1.29, 1.82) is 0 Å². The van der Waals surface area contributed by atoms with Crippen LogP contribution in [-0.4, -0.2) is 21.1 Å². The van der Waals surface area contributed by atoms with E-state index in [0.29, 0.717) is 0 Å². The third kappa shape index (κ3) is 3.80. The van der Waals surface area contributed by atoms with Crippen molar-refractivity contribution in [3.05, 3.63) is 46.1 Å². The monoisotopic (exact) mass is 411 g/mol. The lowest BCUT2D eigenvalue weighted by Crippen LogP contribution is -2.23. The van der Waals surface area contributed by atoms with Crippen LogP contribution in [0, 0.1) is 19.8 Å². The van der Waals surface area contributed by atoms with Gasteiger partial charge in [0.1, 0.15) is 16.2 Å². The van der Waals surface area contributed by atoms with Gasteiger partial charge in [-0.3, -0.25) is 4.79 Å². The van der Waals surface area contributed by atoms with Gasteiger partial charge in [0.05, 0.1) is 5.25 Å². The fourth-order valence-corrected chi connectivity index (χ4v) is 6.11. The first-order valence-electron chi connectivity index (χ1n) is 9.72. The maximum atomic E-state index is 12.8. The minimum Gasteiger partial charge on any atom is -0.325 e. The molecule has 3 aromatic rings. The second kappa shape index (κ2) is 7.84. The minimum absolute atomic E-state index is 0.00133. The first-order chi connectivity index (χ1) is 13.4. The SMILES string of the molecule is Cc1ccc(NC(=O)[C@H](C)Sc2ncnc3sc4c(c23)CC[C@H](C)C4)c(C)c1. The Morgan fingerprint density at radius 1 is 1.32 bits per heavy atom. The molecular formula is C22H25N3OS2. The van der Waals surface area contributed by atoms with E-state index in [1.54, 1.807) is 17.7 Å². The average Bonchev–Trinajstić information content (AvgIpc) is 3.02. The molecule has 6 heteroatoms. The van der Waals surface area contributed by atoms with Crippen molar-refractivity contribution in [3.8, 4) is 0 Å². The van der Waals surface area contributed by atoms with Crippen molar-refractivity contribution in [2.45, 2.75) is 57.2 Å². The van der Waals surface area contributed by atoms with Crippen molar-refractivity contribution in [2.24, 2.45) is 5.92 Å². The summed E-state index contributed by atoms with van der Waals surface area (Å²) in [4.78, 5) is 24.3. The van der Waals surface area contributed by atoms with Gasteiger partial charge < -0.3 is 5.32 Å². The molecule has 1 N–H and O–H groups in total. The van der Waals surface area contributed by atoms with E-state index in [-0.39, 0.29) is 11.2 Å². The lowest BCUT2D eigenvalue weighted by atomic mass is 9.89. The van der Waals surface area contributed by atoms with Gasteiger partial charge in [0.2, 0.25) is 5.91 Å². The maximum absolute atomic E-state index is 12.8. The van der Waals surface area contributed by atoms with Crippen LogP contribution in [0.15, 0.2) is 29.6 Å². The van der Waals surface area contributed by atoms with Crippen molar-refractivity contribution in [2.75, 3.05) is 5.32 Å². The number of rotatable bonds is 4. The van der Waals surface area contributed by atoms with Gasteiger partial charge in [-0.15, -0.1) is 11.3 Å². The highest BCUT2D eigenvalue weighted by molar-refractivity contribution is 8.00. The highest BCUT2D eigenvalue weighted by Crippen LogP contribution is 2.41. The summed E-state index contributed by atoms with van der Waals surface area (Å²) in [6.45, 7) is 8.33. The molecule has 2 aromatic heterocycles. The van der Waals surface area contributed by atoms with E-state index in [9.17, 15) is 4.79 Å². The molecule has 1 aliphatic rings. The predicted molar refractivity (Wildman–Crippen MR) is 118 cm³/mol. The molecular weight excluding hydrogens is 386 g/mol. The molecule has 1 amide bonds. The van der Waals surface area contributed by atoms with E-state index < -0.39 is 0 Å². The summed E-state index contributed by atoms with van der Waals surface area (Å²) in [5.74, 6) is 0.730. The molecule has 0 bridgehead atoms. The molecule has 0 saturated carbocycles. The summed E-state index contributed by atoms with van der Waals surface area (Å²) < 4.78 is 0. The van der Waals surface area contributed by atoms with Gasteiger partial charge >= 0.3 is 0 Å². The normalized spacial score (nSPS) is 17.4. The van der Waals surface area contributed by atoms with Gasteiger partial charge in [-0.25, -0.2) is 9.97 Å². The Hall–Kier alpha value is -1.92. The number of aryl methyl sites for hydroxylation is 3. The largest absolute Gasteiger partial charge is 0.325 e. The number of thiophene rings is 1. The topological polar surface area (TPSA) is 54.9 Å². The first kappa shape index (κ1) is 19.4. The molecule has 4 nitrogen and oxygen atoms in total. The van der Waals surface area contributed by atoms with Crippen molar-refractivity contribution < 1.29 is 4.79 Å². The summed E-state index contributed by atoms with van der Waals surface area (Å²) in [5.41, 5.74) is 4.55. The van der Waals surface area contributed by atoms with E-state index in [4.69, 9.17) is 0 Å². The van der Waals surface area contributed by atoms with E-state index in [1.165, 1.54) is 39.6 Å². The Bertz CT molecular complexity index is 1040. The number of aromatic nitrogens is 2. The smallest absolute Gasteiger partial charge is 0.237 e. The van der Waals surface area contributed by atoms with Crippen molar-refractivity contribution in [3.63, 3.8) is 0 Å². The number of amides is 1. The summed E-state index contributed by atoms with van der Waals surface area (Å²) in [6.07, 6.45) is 5.05. The first-order valence-corrected chi connectivity index (χ1v) is 11.4. The van der Waals surface area contributed by atoms with Crippen LogP contribution in [0.2, 0.25) is 0 Å². The fourth-order valence-electron chi connectivity index (χ4n) is 3.74. The molecule has 0 aliphatic heterocycles. The van der Waals surface area contributed by atoms with Crippen molar-refractivity contribution in [1.82, 2.24) is 9.97 Å². The lowest BCUT2D eigenvalue weighted by molar-refractivity contribution is -0.115. The second-order valence-electron chi connectivity index (χ2n) is 7.78. The number of anilines is 1. The Balaban J connectivity index is 1.56. The molecule has 28 heavy (non-hydrogen) atoms. The van der Waals surface area contributed by atoms with Gasteiger partial charge in [0, 0.05) is 16.0 Å². The van der Waals surface area contributed by atoms with E-state index in [2.05, 4.69) is 35.2 Å². The van der Waals surface area contributed by atoms with E-state index in [0.717, 1.165) is 39.9 Å². The molecule has 0 unspecified atom stereocenters. The quantitative estimate of drug-likeness (QED) is 0.451. The third-order valence-corrected chi connectivity index (χ3v) is 7.62. The number of hydrogen-bond acceptors (Lipinski definition) is 5. The molecule has 146 valence electrons. The zero-order valence-corrected chi connectivity index (χ0v) is 18.3. The molecule has 0 saturated heterocycles. The van der Waals surface area contributed by atoms with Gasteiger partial charge in [-0.05, 0) is 63.1 Å². The summed E-state index contributed by atoms with van der Waals surface area (Å²) >= 11 is 3.33. The number of thioether (sulfide) groups is 1. The third-order valence-electron chi connectivity index (χ3n) is 5.35. The molecule has 0 spiro atoms. The molecule has 2 atom stereocenters. The van der Waals surface area contributed by atoms with Crippen LogP contribution in [0.5, 0.6) is 0 Å². The molecule has 2 heterocycles. The fraction of sp³-hybridized carbons (Fsp3) is 0.409. The number of fused-ring (bicyclic) bond motifs is 3. The van der Waals surface area contributed by atoms with Crippen LogP contribution in [0.4, 0.5) is 5.69 Å². The maximum Gasteiger partial charge on any atom is 0.237 e. The predicted octanol–water partition coefficient (Wildman–Crippen LogP) is 5.55. The highest BCUT2D eigenvalue weighted by Gasteiger charge is 2.25. The molecule has 0 radical (unpaired) electrons. The Morgan fingerprint density at radius 3 is 2.93 bits per heavy atom. The number of carbonyl (C=O) groups is 1. The van der Waals surface area contributed by atoms with Gasteiger partial charge in [-0.1, -0.05) is 36.4 Å². The van der Waals surface area contributed by atoms with Crippen LogP contribution in [-0.2, 0) is 17.6 Å². The summed E-state index contributed by atoms with van der Waals surface area (Å²) in [5, 5.41) is 4.93. The standard InChI is InChI=1S/C22H25N3OS2/c1-12-6-8-17(14(3)9-12)25-20(26)15(4)27-21-19-16-7-5-13(2)10-18(16)28-22(19)24-11-23-21/h6,8-9,11,13,15H,5,7,10H2,1-4H3,(H,25,26)/t13-,15-/m0/s1. The number of nitrogens with one attached hydrogen (secondary N) is 1. The van der Waals surface area contributed by atoms with Crippen molar-refractivity contribution >= 4 is 44.9 Å². The summed E-state index contributed by atoms with van der Waals surface area (Å²) in [7, 11) is 0. The number of carbonyl (C=O) groups excluding carboxylic acids is 1. The zero-order chi connectivity index (χ0) is 19.8. The van der Waals surface area contributed by atoms with Gasteiger partial charge in [0.25, 0.3) is 0 Å². The zero-order valence-electron chi connectivity index (χ0n) is 16.7. The molecule has 4 rings (SSSR count). The van der Waals surface area contributed by atoms with E-state index >= 15 is 0 Å². The van der Waals surface area contributed by atoms with Crippen LogP contribution < -0.4 is 5.32 Å². The molecule has 1 aromatic carbocycles. The molecule has 0 fully saturated rings. The minimum atomic E-state index is -0.239. The Labute approximate surface area is 174 Å². The number of nitrogens with zero attached hydrogens (tertiary/aromatic N) is 2. The van der Waals surface area contributed by atoms with Crippen LogP contribution in [0.25, 0.3) is 10.2 Å². The van der Waals surface area contributed by atoms with Gasteiger partial charge in [0.15, 0.2) is 0 Å². The number of benzene rings is 1. The average molecular weight is 412 g/mol. The van der Waals surface area contributed by atoms with Gasteiger partial charge in [-0.2, -0.15) is 0 Å². The van der Waals surface area contributed by atoms with Crippen LogP contribution in [0.1, 0.15) is 41.8 Å². The summed E-state index contributed by atoms with van der Waals surface area (Å²) in [6, 6.07) is 6.08. The Morgan fingerprint density at radius 2 is 2.14 bits per heavy atom. The van der Waals surface area contributed by atoms with Crippen LogP contribution in [0.3, 0.4) is 0 Å². The number of hydrogen-bond donors (Lipinski definition) is 1. The Kier molecular flexibility index (Phi) is 5.43. The van der Waals surface area contributed by atoms with E-state index in [1.807, 2.05) is 26.0 Å². The molecule has 1 aliphatic carbocycles. The van der Waals surface area contributed by atoms with Crippen LogP contribution >= 0.6 is 23.1 Å².